The minimum atomic E-state index is -0.156. The van der Waals surface area contributed by atoms with E-state index in [0.29, 0.717) is 24.5 Å². The zero-order valence-electron chi connectivity index (χ0n) is 16.5. The van der Waals surface area contributed by atoms with Crippen molar-refractivity contribution < 1.29 is 9.53 Å². The Balaban J connectivity index is 1.35. The van der Waals surface area contributed by atoms with Crippen molar-refractivity contribution in [2.24, 2.45) is 0 Å². The fourth-order valence-corrected chi connectivity index (χ4v) is 3.74. The van der Waals surface area contributed by atoms with Crippen LogP contribution in [0.25, 0.3) is 11.3 Å². The summed E-state index contributed by atoms with van der Waals surface area (Å²) in [7, 11) is 0. The summed E-state index contributed by atoms with van der Waals surface area (Å²) in [5.41, 5.74) is 4.75. The summed E-state index contributed by atoms with van der Waals surface area (Å²) in [6, 6.07) is 19.2. The van der Waals surface area contributed by atoms with Crippen LogP contribution in [-0.2, 0) is 13.2 Å². The third-order valence-corrected chi connectivity index (χ3v) is 5.36. The first-order valence-electron chi connectivity index (χ1n) is 9.59. The maximum absolute atomic E-state index is 12.6. The van der Waals surface area contributed by atoms with Gasteiger partial charge in [-0.05, 0) is 42.8 Å². The molecule has 2 heterocycles. The molecule has 0 atom stereocenters. The van der Waals surface area contributed by atoms with Gasteiger partial charge in [0.25, 0.3) is 5.91 Å². The second-order valence-corrected chi connectivity index (χ2v) is 7.79. The molecule has 0 aliphatic rings. The summed E-state index contributed by atoms with van der Waals surface area (Å²) in [5, 5.41) is 5.76. The van der Waals surface area contributed by atoms with Crippen molar-refractivity contribution in [3.63, 3.8) is 0 Å². The molecule has 6 heteroatoms. The van der Waals surface area contributed by atoms with Crippen LogP contribution in [0, 0.1) is 6.92 Å². The van der Waals surface area contributed by atoms with Gasteiger partial charge in [-0.1, -0.05) is 35.9 Å². The lowest BCUT2D eigenvalue weighted by Gasteiger charge is -2.09. The highest BCUT2D eigenvalue weighted by Crippen LogP contribution is 2.21. The number of pyridine rings is 1. The number of amides is 1. The molecule has 2 aromatic heterocycles. The fourth-order valence-electron chi connectivity index (χ4n) is 3.00. The molecule has 0 bridgehead atoms. The number of carbonyl (C=O) groups excluding carboxylic acids is 1. The second kappa shape index (κ2) is 9.33. The predicted molar refractivity (Wildman–Crippen MR) is 118 cm³/mol. The topological polar surface area (TPSA) is 64.1 Å². The molecule has 5 nitrogen and oxygen atoms in total. The summed E-state index contributed by atoms with van der Waals surface area (Å²) in [6.45, 7) is 2.89. The van der Waals surface area contributed by atoms with Crippen molar-refractivity contribution in [3.05, 3.63) is 100 Å². The summed E-state index contributed by atoms with van der Waals surface area (Å²) < 4.78 is 5.86. The van der Waals surface area contributed by atoms with Crippen LogP contribution in [0.3, 0.4) is 0 Å². The van der Waals surface area contributed by atoms with Gasteiger partial charge in [-0.3, -0.25) is 9.78 Å². The minimum absolute atomic E-state index is 0.156. The quantitative estimate of drug-likeness (QED) is 0.460. The number of hydrogen-bond donors (Lipinski definition) is 1. The third kappa shape index (κ3) is 5.10. The number of aryl methyl sites for hydroxylation is 1. The summed E-state index contributed by atoms with van der Waals surface area (Å²) in [4.78, 5) is 21.2. The molecule has 2 aromatic carbocycles. The van der Waals surface area contributed by atoms with E-state index in [9.17, 15) is 4.79 Å². The van der Waals surface area contributed by atoms with Crippen LogP contribution in [0.4, 0.5) is 0 Å². The molecule has 4 rings (SSSR count). The first-order valence-corrected chi connectivity index (χ1v) is 10.5. The normalized spacial score (nSPS) is 10.6. The highest BCUT2D eigenvalue weighted by atomic mass is 32.1. The highest BCUT2D eigenvalue weighted by molar-refractivity contribution is 7.09. The number of ether oxygens (including phenoxy) is 1. The zero-order valence-corrected chi connectivity index (χ0v) is 17.4. The van der Waals surface area contributed by atoms with Crippen molar-refractivity contribution in [1.82, 2.24) is 15.3 Å². The van der Waals surface area contributed by atoms with Crippen LogP contribution in [0.1, 0.15) is 26.5 Å². The molecular weight excluding hydrogens is 394 g/mol. The molecule has 0 saturated carbocycles. The monoisotopic (exact) mass is 415 g/mol. The Morgan fingerprint density at radius 1 is 1.07 bits per heavy atom. The summed E-state index contributed by atoms with van der Waals surface area (Å²) in [6.07, 6.45) is 3.48. The molecule has 0 saturated heterocycles. The van der Waals surface area contributed by atoms with Gasteiger partial charge in [0.15, 0.2) is 0 Å². The molecule has 1 amide bonds. The Morgan fingerprint density at radius 2 is 1.90 bits per heavy atom. The van der Waals surface area contributed by atoms with Gasteiger partial charge in [0.1, 0.15) is 17.4 Å². The smallest absolute Gasteiger partial charge is 0.251 e. The van der Waals surface area contributed by atoms with E-state index in [2.05, 4.69) is 34.3 Å². The zero-order chi connectivity index (χ0) is 20.8. The molecule has 0 fully saturated rings. The molecule has 0 aliphatic heterocycles. The molecule has 0 spiro atoms. The maximum Gasteiger partial charge on any atom is 0.251 e. The molecule has 4 aromatic rings. The lowest BCUT2D eigenvalue weighted by atomic mass is 10.1. The second-order valence-electron chi connectivity index (χ2n) is 6.85. The molecule has 30 heavy (non-hydrogen) atoms. The SMILES string of the molecule is Cc1cccc(COc2cccc(C(=O)NCc3nc(-c4ccncc4)cs3)c2)c1. The van der Waals surface area contributed by atoms with E-state index >= 15 is 0 Å². The van der Waals surface area contributed by atoms with Crippen molar-refractivity contribution >= 4 is 17.2 Å². The summed E-state index contributed by atoms with van der Waals surface area (Å²) in [5.74, 6) is 0.509. The molecule has 0 unspecified atom stereocenters. The molecule has 1 N–H and O–H groups in total. The Hall–Kier alpha value is -3.51. The summed E-state index contributed by atoms with van der Waals surface area (Å²) >= 11 is 1.52. The first kappa shape index (κ1) is 19.8. The number of nitrogens with one attached hydrogen (secondary N) is 1. The van der Waals surface area contributed by atoms with Crippen molar-refractivity contribution in [1.29, 1.82) is 0 Å². The van der Waals surface area contributed by atoms with Crippen LogP contribution in [-0.4, -0.2) is 15.9 Å². The average molecular weight is 416 g/mol. The van der Waals surface area contributed by atoms with Gasteiger partial charge in [-0.2, -0.15) is 0 Å². The van der Waals surface area contributed by atoms with Crippen molar-refractivity contribution in [3.8, 4) is 17.0 Å². The highest BCUT2D eigenvalue weighted by Gasteiger charge is 2.09. The van der Waals surface area contributed by atoms with E-state index in [1.54, 1.807) is 24.5 Å². The van der Waals surface area contributed by atoms with Gasteiger partial charge in [0.05, 0.1) is 12.2 Å². The van der Waals surface area contributed by atoms with E-state index in [1.165, 1.54) is 16.9 Å². The number of aromatic nitrogens is 2. The van der Waals surface area contributed by atoms with E-state index < -0.39 is 0 Å². The van der Waals surface area contributed by atoms with Crippen LogP contribution in [0.2, 0.25) is 0 Å². The number of benzene rings is 2. The van der Waals surface area contributed by atoms with Gasteiger partial charge in [-0.15, -0.1) is 11.3 Å². The Morgan fingerprint density at radius 3 is 2.73 bits per heavy atom. The first-order chi connectivity index (χ1) is 14.7. The van der Waals surface area contributed by atoms with Gasteiger partial charge in [-0.25, -0.2) is 4.98 Å². The Labute approximate surface area is 179 Å². The molecule has 0 radical (unpaired) electrons. The number of nitrogens with zero attached hydrogens (tertiary/aromatic N) is 2. The van der Waals surface area contributed by atoms with Crippen LogP contribution in [0.15, 0.2) is 78.4 Å². The predicted octanol–water partition coefficient (Wildman–Crippen LogP) is 5.02. The van der Waals surface area contributed by atoms with E-state index in [0.717, 1.165) is 21.8 Å². The van der Waals surface area contributed by atoms with E-state index in [1.807, 2.05) is 41.8 Å². The molecule has 150 valence electrons. The number of carbonyl (C=O) groups is 1. The van der Waals surface area contributed by atoms with Crippen molar-refractivity contribution in [2.45, 2.75) is 20.1 Å². The lowest BCUT2D eigenvalue weighted by molar-refractivity contribution is 0.0950. The fraction of sp³-hybridized carbons (Fsp3) is 0.125. The number of thiazole rings is 1. The Kier molecular flexibility index (Phi) is 6.15. The largest absolute Gasteiger partial charge is 0.489 e. The van der Waals surface area contributed by atoms with E-state index in [4.69, 9.17) is 4.74 Å². The van der Waals surface area contributed by atoms with Gasteiger partial charge >= 0.3 is 0 Å². The molecular formula is C24H21N3O2S. The van der Waals surface area contributed by atoms with Gasteiger partial charge in [0.2, 0.25) is 0 Å². The van der Waals surface area contributed by atoms with Gasteiger partial charge in [0, 0.05) is 28.9 Å². The maximum atomic E-state index is 12.6. The Bertz CT molecular complexity index is 1140. The van der Waals surface area contributed by atoms with Crippen LogP contribution in [0.5, 0.6) is 5.75 Å². The van der Waals surface area contributed by atoms with E-state index in [-0.39, 0.29) is 5.91 Å². The minimum Gasteiger partial charge on any atom is -0.489 e. The molecule has 0 aliphatic carbocycles. The number of rotatable bonds is 7. The lowest BCUT2D eigenvalue weighted by Crippen LogP contribution is -2.22. The van der Waals surface area contributed by atoms with Crippen LogP contribution >= 0.6 is 11.3 Å². The van der Waals surface area contributed by atoms with Crippen molar-refractivity contribution in [2.75, 3.05) is 0 Å². The third-order valence-electron chi connectivity index (χ3n) is 4.51. The standard InChI is InChI=1S/C24H21N3O2S/c1-17-4-2-5-18(12-17)15-29-21-7-3-6-20(13-21)24(28)26-14-23-27-22(16-30-23)19-8-10-25-11-9-19/h2-13,16H,14-15H2,1H3,(H,26,28). The van der Waals surface area contributed by atoms with Gasteiger partial charge < -0.3 is 10.1 Å². The number of hydrogen-bond acceptors (Lipinski definition) is 5. The average Bonchev–Trinajstić information content (AvgIpc) is 3.26. The van der Waals surface area contributed by atoms with Crippen LogP contribution < -0.4 is 10.1 Å².